The molecule has 0 fully saturated rings. The Bertz CT molecular complexity index is 655. The van der Waals surface area contributed by atoms with Gasteiger partial charge in [-0.15, -0.1) is 0 Å². The van der Waals surface area contributed by atoms with Gasteiger partial charge >= 0.3 is 0 Å². The SMILES string of the molecule is CNC(=O)CN[C@H](C)C(=O)Nc1ccc2ccccc2c1. The van der Waals surface area contributed by atoms with Crippen LogP contribution in [0.2, 0.25) is 0 Å². The zero-order chi connectivity index (χ0) is 15.2. The van der Waals surface area contributed by atoms with Gasteiger partial charge in [0.05, 0.1) is 12.6 Å². The number of carbonyl (C=O) groups excluding carboxylic acids is 2. The summed E-state index contributed by atoms with van der Waals surface area (Å²) in [6.07, 6.45) is 0. The van der Waals surface area contributed by atoms with E-state index < -0.39 is 6.04 Å². The molecule has 21 heavy (non-hydrogen) atoms. The number of hydrogen-bond donors (Lipinski definition) is 3. The largest absolute Gasteiger partial charge is 0.358 e. The third-order valence-corrected chi connectivity index (χ3v) is 3.26. The van der Waals surface area contributed by atoms with Crippen LogP contribution in [0, 0.1) is 0 Å². The van der Waals surface area contributed by atoms with Crippen LogP contribution in [-0.2, 0) is 9.59 Å². The van der Waals surface area contributed by atoms with Gasteiger partial charge in [0.25, 0.3) is 0 Å². The van der Waals surface area contributed by atoms with E-state index in [2.05, 4.69) is 16.0 Å². The monoisotopic (exact) mass is 285 g/mol. The topological polar surface area (TPSA) is 70.2 Å². The summed E-state index contributed by atoms with van der Waals surface area (Å²) in [6, 6.07) is 13.3. The molecule has 2 aromatic rings. The van der Waals surface area contributed by atoms with E-state index in [1.54, 1.807) is 14.0 Å². The van der Waals surface area contributed by atoms with Crippen LogP contribution in [0.4, 0.5) is 5.69 Å². The third-order valence-electron chi connectivity index (χ3n) is 3.26. The van der Waals surface area contributed by atoms with Crippen LogP contribution in [-0.4, -0.2) is 31.4 Å². The lowest BCUT2D eigenvalue weighted by Crippen LogP contribution is -2.42. The van der Waals surface area contributed by atoms with E-state index in [1.807, 2.05) is 42.5 Å². The van der Waals surface area contributed by atoms with E-state index in [0.717, 1.165) is 16.5 Å². The van der Waals surface area contributed by atoms with Crippen molar-refractivity contribution in [2.45, 2.75) is 13.0 Å². The Morgan fingerprint density at radius 3 is 2.52 bits per heavy atom. The molecule has 0 bridgehead atoms. The van der Waals surface area contributed by atoms with E-state index in [-0.39, 0.29) is 18.4 Å². The van der Waals surface area contributed by atoms with Crippen molar-refractivity contribution in [1.29, 1.82) is 0 Å². The average molecular weight is 285 g/mol. The minimum atomic E-state index is -0.450. The molecule has 0 heterocycles. The number of anilines is 1. The Kier molecular flexibility index (Phi) is 4.90. The molecular weight excluding hydrogens is 266 g/mol. The predicted molar refractivity (Wildman–Crippen MR) is 84.1 cm³/mol. The summed E-state index contributed by atoms with van der Waals surface area (Å²) < 4.78 is 0. The van der Waals surface area contributed by atoms with E-state index >= 15 is 0 Å². The highest BCUT2D eigenvalue weighted by Gasteiger charge is 2.13. The summed E-state index contributed by atoms with van der Waals surface area (Å²) in [5.74, 6) is -0.325. The molecule has 1 atom stereocenters. The van der Waals surface area contributed by atoms with Crippen molar-refractivity contribution in [2.75, 3.05) is 18.9 Å². The molecule has 5 heteroatoms. The first-order chi connectivity index (χ1) is 10.1. The van der Waals surface area contributed by atoms with Crippen molar-refractivity contribution in [1.82, 2.24) is 10.6 Å². The van der Waals surface area contributed by atoms with Gasteiger partial charge in [-0.2, -0.15) is 0 Å². The van der Waals surface area contributed by atoms with Crippen molar-refractivity contribution in [2.24, 2.45) is 0 Å². The Labute approximate surface area is 123 Å². The first-order valence-electron chi connectivity index (χ1n) is 6.84. The first kappa shape index (κ1) is 15.0. The molecule has 0 aliphatic heterocycles. The van der Waals surface area contributed by atoms with E-state index in [9.17, 15) is 9.59 Å². The molecule has 0 aliphatic rings. The van der Waals surface area contributed by atoms with Crippen LogP contribution in [0.1, 0.15) is 6.92 Å². The highest BCUT2D eigenvalue weighted by atomic mass is 16.2. The average Bonchev–Trinajstić information content (AvgIpc) is 2.51. The van der Waals surface area contributed by atoms with Gasteiger partial charge in [-0.05, 0) is 29.8 Å². The Morgan fingerprint density at radius 2 is 1.81 bits per heavy atom. The second kappa shape index (κ2) is 6.85. The van der Waals surface area contributed by atoms with Gasteiger partial charge in [0.1, 0.15) is 0 Å². The molecule has 0 radical (unpaired) electrons. The van der Waals surface area contributed by atoms with Crippen LogP contribution in [0.5, 0.6) is 0 Å². The maximum absolute atomic E-state index is 12.0. The number of likely N-dealkylation sites (N-methyl/N-ethyl adjacent to an activating group) is 1. The van der Waals surface area contributed by atoms with Crippen molar-refractivity contribution in [3.8, 4) is 0 Å². The smallest absolute Gasteiger partial charge is 0.241 e. The van der Waals surface area contributed by atoms with Crippen LogP contribution in [0.15, 0.2) is 42.5 Å². The zero-order valence-electron chi connectivity index (χ0n) is 12.1. The predicted octanol–water partition coefficient (Wildman–Crippen LogP) is 1.50. The first-order valence-corrected chi connectivity index (χ1v) is 6.84. The van der Waals surface area contributed by atoms with Gasteiger partial charge in [-0.25, -0.2) is 0 Å². The highest BCUT2D eigenvalue weighted by molar-refractivity contribution is 5.97. The number of hydrogen-bond acceptors (Lipinski definition) is 3. The second-order valence-corrected chi connectivity index (χ2v) is 4.83. The fraction of sp³-hybridized carbons (Fsp3) is 0.250. The van der Waals surface area contributed by atoms with Gasteiger partial charge in [0.15, 0.2) is 0 Å². The second-order valence-electron chi connectivity index (χ2n) is 4.83. The third kappa shape index (κ3) is 4.03. The summed E-state index contributed by atoms with van der Waals surface area (Å²) in [5, 5.41) is 10.4. The maximum atomic E-state index is 12.0. The number of rotatable bonds is 5. The van der Waals surface area contributed by atoms with Crippen molar-refractivity contribution in [3.05, 3.63) is 42.5 Å². The van der Waals surface area contributed by atoms with Crippen molar-refractivity contribution >= 4 is 28.3 Å². The molecule has 110 valence electrons. The number of amides is 2. The molecule has 0 saturated heterocycles. The van der Waals surface area contributed by atoms with Gasteiger partial charge in [-0.3, -0.25) is 14.9 Å². The van der Waals surface area contributed by atoms with E-state index in [1.165, 1.54) is 0 Å². The molecule has 0 unspecified atom stereocenters. The normalized spacial score (nSPS) is 11.9. The molecule has 2 amide bonds. The van der Waals surface area contributed by atoms with Crippen LogP contribution in [0.25, 0.3) is 10.8 Å². The molecule has 5 nitrogen and oxygen atoms in total. The van der Waals surface area contributed by atoms with Crippen LogP contribution < -0.4 is 16.0 Å². The van der Waals surface area contributed by atoms with E-state index in [0.29, 0.717) is 0 Å². The summed E-state index contributed by atoms with van der Waals surface area (Å²) in [6.45, 7) is 1.84. The Hall–Kier alpha value is -2.40. The lowest BCUT2D eigenvalue weighted by molar-refractivity contribution is -0.120. The maximum Gasteiger partial charge on any atom is 0.241 e. The summed E-state index contributed by atoms with van der Waals surface area (Å²) in [5.41, 5.74) is 0.743. The quantitative estimate of drug-likeness (QED) is 0.780. The van der Waals surface area contributed by atoms with Gasteiger partial charge in [0.2, 0.25) is 11.8 Å². The molecule has 0 saturated carbocycles. The lowest BCUT2D eigenvalue weighted by atomic mass is 10.1. The van der Waals surface area contributed by atoms with Gasteiger partial charge < -0.3 is 10.6 Å². The summed E-state index contributed by atoms with van der Waals surface area (Å²) >= 11 is 0. The van der Waals surface area contributed by atoms with Gasteiger partial charge in [-0.1, -0.05) is 30.3 Å². The standard InChI is InChI=1S/C16H19N3O2/c1-11(18-10-15(20)17-2)16(21)19-14-8-7-12-5-3-4-6-13(12)9-14/h3-9,11,18H,10H2,1-2H3,(H,17,20)(H,19,21)/t11-/m1/s1. The number of nitrogens with one attached hydrogen (secondary N) is 3. The molecule has 0 aromatic heterocycles. The fourth-order valence-electron chi connectivity index (χ4n) is 1.94. The number of carbonyl (C=O) groups is 2. The minimum absolute atomic E-state index is 0.114. The molecule has 0 aliphatic carbocycles. The molecular formula is C16H19N3O2. The van der Waals surface area contributed by atoms with Crippen LogP contribution >= 0.6 is 0 Å². The zero-order valence-corrected chi connectivity index (χ0v) is 12.1. The fourth-order valence-corrected chi connectivity index (χ4v) is 1.94. The molecule has 2 aromatic carbocycles. The number of benzene rings is 2. The van der Waals surface area contributed by atoms with E-state index in [4.69, 9.17) is 0 Å². The Balaban J connectivity index is 1.98. The molecule has 2 rings (SSSR count). The van der Waals surface area contributed by atoms with Crippen molar-refractivity contribution in [3.63, 3.8) is 0 Å². The number of fused-ring (bicyclic) bond motifs is 1. The summed E-state index contributed by atoms with van der Waals surface area (Å²) in [7, 11) is 1.56. The molecule has 0 spiro atoms. The minimum Gasteiger partial charge on any atom is -0.358 e. The van der Waals surface area contributed by atoms with Crippen LogP contribution in [0.3, 0.4) is 0 Å². The van der Waals surface area contributed by atoms with Gasteiger partial charge in [0, 0.05) is 12.7 Å². The summed E-state index contributed by atoms with van der Waals surface area (Å²) in [4.78, 5) is 23.2. The molecule has 3 N–H and O–H groups in total. The Morgan fingerprint density at radius 1 is 1.10 bits per heavy atom. The lowest BCUT2D eigenvalue weighted by Gasteiger charge is -2.14. The van der Waals surface area contributed by atoms with Crippen molar-refractivity contribution < 1.29 is 9.59 Å². The highest BCUT2D eigenvalue weighted by Crippen LogP contribution is 2.18.